The Balaban J connectivity index is 2.01. The minimum absolute atomic E-state index is 0.00755. The van der Waals surface area contributed by atoms with Gasteiger partial charge in [0.25, 0.3) is 0 Å². The van der Waals surface area contributed by atoms with Gasteiger partial charge in [-0.25, -0.2) is 0 Å². The second-order valence-corrected chi connectivity index (χ2v) is 5.25. The molecule has 0 bridgehead atoms. The Hall–Kier alpha value is -2.20. The van der Waals surface area contributed by atoms with Gasteiger partial charge in [-0.05, 0) is 49.7 Å². The van der Waals surface area contributed by atoms with Crippen molar-refractivity contribution in [2.24, 2.45) is 0 Å². The molecule has 2 aromatic heterocycles. The van der Waals surface area contributed by atoms with Crippen LogP contribution in [0.4, 0.5) is 0 Å². The Kier molecular flexibility index (Phi) is 3.97. The average Bonchev–Trinajstić information content (AvgIpc) is 2.91. The van der Waals surface area contributed by atoms with Crippen LogP contribution in [0.15, 0.2) is 47.1 Å². The molecule has 0 amide bonds. The topological polar surface area (TPSA) is 51.0 Å². The third kappa shape index (κ3) is 2.95. The Labute approximate surface area is 124 Å². The predicted molar refractivity (Wildman–Crippen MR) is 83.1 cm³/mol. The van der Waals surface area contributed by atoms with E-state index in [4.69, 9.17) is 4.42 Å². The fourth-order valence-corrected chi connectivity index (χ4v) is 2.47. The maximum absolute atomic E-state index is 6.03. The van der Waals surface area contributed by atoms with E-state index in [2.05, 4.69) is 47.6 Å². The van der Waals surface area contributed by atoms with E-state index in [0.717, 1.165) is 35.3 Å². The van der Waals surface area contributed by atoms with E-state index in [1.165, 1.54) is 5.56 Å². The SMILES string of the molecule is CCCNC(c1ccnnc1)c1cc2cc(C)ccc2o1. The molecular weight excluding hydrogens is 262 g/mol. The molecule has 2 heterocycles. The van der Waals surface area contributed by atoms with Gasteiger partial charge in [-0.15, -0.1) is 0 Å². The number of rotatable bonds is 5. The van der Waals surface area contributed by atoms with Crippen LogP contribution in [0.3, 0.4) is 0 Å². The van der Waals surface area contributed by atoms with Gasteiger partial charge in [0.2, 0.25) is 0 Å². The second kappa shape index (κ2) is 6.06. The van der Waals surface area contributed by atoms with Crippen LogP contribution in [0.1, 0.15) is 36.3 Å². The van der Waals surface area contributed by atoms with E-state index < -0.39 is 0 Å². The van der Waals surface area contributed by atoms with Gasteiger partial charge in [-0.3, -0.25) is 0 Å². The predicted octanol–water partition coefficient (Wildman–Crippen LogP) is 3.62. The Morgan fingerprint density at radius 2 is 2.10 bits per heavy atom. The lowest BCUT2D eigenvalue weighted by molar-refractivity contribution is 0.468. The monoisotopic (exact) mass is 281 g/mol. The van der Waals surface area contributed by atoms with Crippen molar-refractivity contribution in [1.29, 1.82) is 0 Å². The van der Waals surface area contributed by atoms with Crippen LogP contribution >= 0.6 is 0 Å². The molecule has 0 radical (unpaired) electrons. The normalized spacial score (nSPS) is 12.7. The number of hydrogen-bond donors (Lipinski definition) is 1. The first-order chi connectivity index (χ1) is 10.3. The van der Waals surface area contributed by atoms with E-state index >= 15 is 0 Å². The molecule has 0 fully saturated rings. The summed E-state index contributed by atoms with van der Waals surface area (Å²) in [7, 11) is 0. The van der Waals surface area contributed by atoms with Crippen molar-refractivity contribution < 1.29 is 4.42 Å². The minimum Gasteiger partial charge on any atom is -0.459 e. The summed E-state index contributed by atoms with van der Waals surface area (Å²) < 4.78 is 6.03. The maximum Gasteiger partial charge on any atom is 0.134 e. The van der Waals surface area contributed by atoms with Gasteiger partial charge in [0.1, 0.15) is 11.3 Å². The number of aromatic nitrogens is 2. The zero-order valence-corrected chi connectivity index (χ0v) is 12.3. The molecule has 21 heavy (non-hydrogen) atoms. The van der Waals surface area contributed by atoms with Crippen LogP contribution < -0.4 is 5.32 Å². The molecule has 0 spiro atoms. The van der Waals surface area contributed by atoms with Crippen LogP contribution in [0, 0.1) is 6.92 Å². The largest absolute Gasteiger partial charge is 0.459 e. The fourth-order valence-electron chi connectivity index (χ4n) is 2.47. The summed E-state index contributed by atoms with van der Waals surface area (Å²) in [6.07, 6.45) is 4.56. The van der Waals surface area contributed by atoms with Gasteiger partial charge in [-0.1, -0.05) is 18.6 Å². The molecule has 108 valence electrons. The van der Waals surface area contributed by atoms with Crippen molar-refractivity contribution in [3.05, 3.63) is 59.6 Å². The van der Waals surface area contributed by atoms with Crippen molar-refractivity contribution in [3.8, 4) is 0 Å². The highest BCUT2D eigenvalue weighted by Crippen LogP contribution is 2.28. The van der Waals surface area contributed by atoms with Crippen LogP contribution in [-0.2, 0) is 0 Å². The summed E-state index contributed by atoms with van der Waals surface area (Å²) in [6, 6.07) is 10.3. The lowest BCUT2D eigenvalue weighted by Crippen LogP contribution is -2.22. The Morgan fingerprint density at radius 1 is 1.19 bits per heavy atom. The van der Waals surface area contributed by atoms with Gasteiger partial charge in [0, 0.05) is 11.6 Å². The Bertz CT molecular complexity index is 721. The van der Waals surface area contributed by atoms with Crippen LogP contribution in [0.25, 0.3) is 11.0 Å². The number of nitrogens with zero attached hydrogens (tertiary/aromatic N) is 2. The van der Waals surface area contributed by atoms with Gasteiger partial charge in [0.15, 0.2) is 0 Å². The molecule has 0 saturated carbocycles. The molecule has 1 aromatic carbocycles. The molecule has 0 saturated heterocycles. The molecule has 0 aliphatic carbocycles. The number of aryl methyl sites for hydroxylation is 1. The molecule has 0 aliphatic heterocycles. The van der Waals surface area contributed by atoms with Crippen LogP contribution in [0.5, 0.6) is 0 Å². The third-order valence-electron chi connectivity index (χ3n) is 3.51. The quantitative estimate of drug-likeness (QED) is 0.776. The molecule has 4 nitrogen and oxygen atoms in total. The maximum atomic E-state index is 6.03. The van der Waals surface area contributed by atoms with Crippen molar-refractivity contribution in [2.45, 2.75) is 26.3 Å². The number of nitrogens with one attached hydrogen (secondary N) is 1. The number of hydrogen-bond acceptors (Lipinski definition) is 4. The number of furan rings is 1. The summed E-state index contributed by atoms with van der Waals surface area (Å²) in [5.74, 6) is 0.914. The molecule has 1 N–H and O–H groups in total. The van der Waals surface area contributed by atoms with Gasteiger partial charge < -0.3 is 9.73 Å². The minimum atomic E-state index is 0.00755. The summed E-state index contributed by atoms with van der Waals surface area (Å²) >= 11 is 0. The smallest absolute Gasteiger partial charge is 0.134 e. The fraction of sp³-hybridized carbons (Fsp3) is 0.294. The van der Waals surface area contributed by atoms with Crippen molar-refractivity contribution >= 4 is 11.0 Å². The molecule has 0 aliphatic rings. The first kappa shape index (κ1) is 13.8. The molecule has 4 heteroatoms. The molecule has 3 aromatic rings. The molecule has 3 rings (SSSR count). The summed E-state index contributed by atoms with van der Waals surface area (Å²) in [4.78, 5) is 0. The zero-order valence-electron chi connectivity index (χ0n) is 12.3. The van der Waals surface area contributed by atoms with E-state index in [-0.39, 0.29) is 6.04 Å². The summed E-state index contributed by atoms with van der Waals surface area (Å²) in [5, 5.41) is 12.5. The van der Waals surface area contributed by atoms with Gasteiger partial charge in [0.05, 0.1) is 12.2 Å². The first-order valence-electron chi connectivity index (χ1n) is 7.28. The average molecular weight is 281 g/mol. The second-order valence-electron chi connectivity index (χ2n) is 5.25. The van der Waals surface area contributed by atoms with E-state index in [1.54, 1.807) is 12.4 Å². The van der Waals surface area contributed by atoms with Crippen LogP contribution in [0.2, 0.25) is 0 Å². The number of fused-ring (bicyclic) bond motifs is 1. The highest BCUT2D eigenvalue weighted by molar-refractivity contribution is 5.78. The molecular formula is C17H19N3O. The van der Waals surface area contributed by atoms with E-state index in [9.17, 15) is 0 Å². The van der Waals surface area contributed by atoms with Crippen molar-refractivity contribution in [3.63, 3.8) is 0 Å². The summed E-state index contributed by atoms with van der Waals surface area (Å²) in [6.45, 7) is 5.16. The highest BCUT2D eigenvalue weighted by atomic mass is 16.3. The third-order valence-corrected chi connectivity index (χ3v) is 3.51. The van der Waals surface area contributed by atoms with E-state index in [1.807, 2.05) is 12.1 Å². The zero-order chi connectivity index (χ0) is 14.7. The molecule has 1 unspecified atom stereocenters. The standard InChI is InChI=1S/C17H19N3O/c1-3-7-18-17(13-6-8-19-20-11-13)16-10-14-9-12(2)4-5-15(14)21-16/h4-6,8-11,17-18H,3,7H2,1-2H3. The van der Waals surface area contributed by atoms with E-state index in [0.29, 0.717) is 0 Å². The lowest BCUT2D eigenvalue weighted by Gasteiger charge is -2.15. The lowest BCUT2D eigenvalue weighted by atomic mass is 10.1. The van der Waals surface area contributed by atoms with Crippen molar-refractivity contribution in [2.75, 3.05) is 6.54 Å². The Morgan fingerprint density at radius 3 is 2.86 bits per heavy atom. The summed E-state index contributed by atoms with van der Waals surface area (Å²) in [5.41, 5.74) is 3.22. The van der Waals surface area contributed by atoms with Gasteiger partial charge in [-0.2, -0.15) is 10.2 Å². The first-order valence-corrected chi connectivity index (χ1v) is 7.28. The highest BCUT2D eigenvalue weighted by Gasteiger charge is 2.18. The van der Waals surface area contributed by atoms with Crippen LogP contribution in [-0.4, -0.2) is 16.7 Å². The molecule has 1 atom stereocenters. The van der Waals surface area contributed by atoms with Gasteiger partial charge >= 0.3 is 0 Å². The van der Waals surface area contributed by atoms with Crippen molar-refractivity contribution in [1.82, 2.24) is 15.5 Å². The number of benzene rings is 1.